The number of fused-ring (bicyclic) bond motifs is 2. The molecule has 0 spiro atoms. The second-order valence-electron chi connectivity index (χ2n) is 4.37. The van der Waals surface area contributed by atoms with Crippen LogP contribution in [-0.2, 0) is 0 Å². The molecule has 0 radical (unpaired) electrons. The standard InChI is InChI=1S/C14H13NS/c1-9-4-2-7-12-11-6-3-5-10(15)8-13(11)16-14(9)12/h2,5,7-9,11H,4,15H2,1H3. The van der Waals surface area contributed by atoms with Crippen LogP contribution >= 0.6 is 11.8 Å². The van der Waals surface area contributed by atoms with Gasteiger partial charge in [0.1, 0.15) is 0 Å². The molecule has 16 heavy (non-hydrogen) atoms. The van der Waals surface area contributed by atoms with Crippen LogP contribution in [0.5, 0.6) is 0 Å². The molecule has 0 bridgehead atoms. The van der Waals surface area contributed by atoms with Crippen LogP contribution in [0.4, 0.5) is 0 Å². The van der Waals surface area contributed by atoms with Crippen LogP contribution in [0.2, 0.25) is 0 Å². The van der Waals surface area contributed by atoms with Crippen LogP contribution in [0.1, 0.15) is 13.3 Å². The van der Waals surface area contributed by atoms with E-state index in [4.69, 9.17) is 5.73 Å². The Morgan fingerprint density at radius 3 is 3.25 bits per heavy atom. The van der Waals surface area contributed by atoms with Crippen molar-refractivity contribution in [3.63, 3.8) is 0 Å². The smallest absolute Gasteiger partial charge is 0.0776 e. The topological polar surface area (TPSA) is 26.0 Å². The lowest BCUT2D eigenvalue weighted by molar-refractivity contribution is 0.711. The molecule has 2 unspecified atom stereocenters. The lowest BCUT2D eigenvalue weighted by Gasteiger charge is -2.15. The van der Waals surface area contributed by atoms with Gasteiger partial charge in [-0.2, -0.15) is 0 Å². The molecule has 80 valence electrons. The molecule has 1 aliphatic heterocycles. The quantitative estimate of drug-likeness (QED) is 0.644. The highest BCUT2D eigenvalue weighted by molar-refractivity contribution is 8.07. The molecule has 0 fully saturated rings. The normalized spacial score (nSPS) is 30.8. The highest BCUT2D eigenvalue weighted by Gasteiger charge is 2.32. The number of hydrogen-bond donors (Lipinski definition) is 1. The number of allylic oxidation sites excluding steroid dienone is 7. The fourth-order valence-electron chi connectivity index (χ4n) is 2.29. The van der Waals surface area contributed by atoms with Crippen molar-refractivity contribution in [2.24, 2.45) is 17.6 Å². The molecule has 0 aromatic carbocycles. The summed E-state index contributed by atoms with van der Waals surface area (Å²) >= 11 is 1.87. The van der Waals surface area contributed by atoms with Gasteiger partial charge in [-0.25, -0.2) is 0 Å². The second-order valence-corrected chi connectivity index (χ2v) is 5.49. The Hall–Kier alpha value is -1.33. The Balaban J connectivity index is 2.07. The predicted molar refractivity (Wildman–Crippen MR) is 69.2 cm³/mol. The molecular weight excluding hydrogens is 214 g/mol. The Morgan fingerprint density at radius 2 is 2.38 bits per heavy atom. The van der Waals surface area contributed by atoms with E-state index in [1.54, 1.807) is 6.08 Å². The van der Waals surface area contributed by atoms with Gasteiger partial charge in [-0.15, -0.1) is 0 Å². The van der Waals surface area contributed by atoms with E-state index in [0.29, 0.717) is 5.92 Å². The first-order valence-electron chi connectivity index (χ1n) is 5.52. The molecule has 0 aromatic rings. The van der Waals surface area contributed by atoms with Crippen LogP contribution in [-0.4, -0.2) is 0 Å². The maximum Gasteiger partial charge on any atom is 0.0776 e. The van der Waals surface area contributed by atoms with Crippen molar-refractivity contribution >= 4 is 11.8 Å². The van der Waals surface area contributed by atoms with E-state index in [0.717, 1.165) is 12.1 Å². The van der Waals surface area contributed by atoms with Gasteiger partial charge in [0.15, 0.2) is 0 Å². The third-order valence-electron chi connectivity index (χ3n) is 3.12. The van der Waals surface area contributed by atoms with Crippen LogP contribution in [0.25, 0.3) is 0 Å². The predicted octanol–water partition coefficient (Wildman–Crippen LogP) is 2.94. The maximum atomic E-state index is 5.85. The summed E-state index contributed by atoms with van der Waals surface area (Å²) in [7, 11) is 0. The summed E-state index contributed by atoms with van der Waals surface area (Å²) in [4.78, 5) is 2.78. The molecule has 0 amide bonds. The number of thioether (sulfide) groups is 1. The summed E-state index contributed by atoms with van der Waals surface area (Å²) in [6.07, 6.45) is 9.49. The van der Waals surface area contributed by atoms with Crippen molar-refractivity contribution < 1.29 is 0 Å². The largest absolute Gasteiger partial charge is 0.398 e. The Labute approximate surface area is 100 Å². The first kappa shape index (κ1) is 9.86. The summed E-state index contributed by atoms with van der Waals surface area (Å²) in [5.41, 5.74) is 8.01. The summed E-state index contributed by atoms with van der Waals surface area (Å²) in [5, 5.41) is 0. The van der Waals surface area contributed by atoms with Gasteiger partial charge in [0, 0.05) is 16.7 Å². The summed E-state index contributed by atoms with van der Waals surface area (Å²) < 4.78 is 0. The first-order chi connectivity index (χ1) is 7.75. The molecule has 3 aliphatic rings. The van der Waals surface area contributed by atoms with Crippen molar-refractivity contribution in [2.45, 2.75) is 13.3 Å². The minimum atomic E-state index is 0.260. The van der Waals surface area contributed by atoms with Gasteiger partial charge in [0.2, 0.25) is 0 Å². The zero-order chi connectivity index (χ0) is 11.1. The van der Waals surface area contributed by atoms with E-state index >= 15 is 0 Å². The Morgan fingerprint density at radius 1 is 1.50 bits per heavy atom. The molecule has 0 saturated carbocycles. The highest BCUT2D eigenvalue weighted by Crippen LogP contribution is 2.51. The first-order valence-corrected chi connectivity index (χ1v) is 6.34. The van der Waals surface area contributed by atoms with Gasteiger partial charge in [-0.3, -0.25) is 0 Å². The van der Waals surface area contributed by atoms with Crippen molar-refractivity contribution in [1.82, 2.24) is 0 Å². The number of nitrogens with two attached hydrogens (primary N) is 1. The molecule has 0 saturated heterocycles. The van der Waals surface area contributed by atoms with Crippen molar-refractivity contribution in [1.29, 1.82) is 0 Å². The van der Waals surface area contributed by atoms with Gasteiger partial charge in [-0.05, 0) is 28.9 Å². The minimum Gasteiger partial charge on any atom is -0.398 e. The molecule has 2 atom stereocenters. The SMILES string of the molecule is CC1CC=CC2=C1SC1=CC(N)=CC#CC12. The lowest BCUT2D eigenvalue weighted by Crippen LogP contribution is -2.03. The molecule has 2 N–H and O–H groups in total. The van der Waals surface area contributed by atoms with Gasteiger partial charge in [0.25, 0.3) is 0 Å². The second kappa shape index (κ2) is 3.61. The van der Waals surface area contributed by atoms with Crippen molar-refractivity contribution in [3.05, 3.63) is 45.4 Å². The molecule has 3 rings (SSSR count). The average Bonchev–Trinajstić information content (AvgIpc) is 2.49. The van der Waals surface area contributed by atoms with Gasteiger partial charge in [-0.1, -0.05) is 42.7 Å². The van der Waals surface area contributed by atoms with E-state index in [9.17, 15) is 0 Å². The number of hydrogen-bond acceptors (Lipinski definition) is 2. The monoisotopic (exact) mass is 227 g/mol. The van der Waals surface area contributed by atoms with E-state index in [-0.39, 0.29) is 5.92 Å². The van der Waals surface area contributed by atoms with Crippen LogP contribution in [0.3, 0.4) is 0 Å². The third kappa shape index (κ3) is 1.44. The average molecular weight is 227 g/mol. The van der Waals surface area contributed by atoms with Crippen LogP contribution in [0, 0.1) is 23.7 Å². The highest BCUT2D eigenvalue weighted by atomic mass is 32.2. The Bertz CT molecular complexity index is 523. The zero-order valence-corrected chi connectivity index (χ0v) is 9.97. The van der Waals surface area contributed by atoms with E-state index in [2.05, 4.69) is 37.0 Å². The molecule has 2 heteroatoms. The molecular formula is C14H13NS. The van der Waals surface area contributed by atoms with E-state index < -0.39 is 0 Å². The van der Waals surface area contributed by atoms with Crippen molar-refractivity contribution in [2.75, 3.05) is 0 Å². The fourth-order valence-corrected chi connectivity index (χ4v) is 3.64. The minimum absolute atomic E-state index is 0.260. The van der Waals surface area contributed by atoms with Crippen LogP contribution in [0.15, 0.2) is 45.4 Å². The van der Waals surface area contributed by atoms with E-state index in [1.807, 2.05) is 11.8 Å². The summed E-state index contributed by atoms with van der Waals surface area (Å²) in [6.45, 7) is 2.28. The van der Waals surface area contributed by atoms with Crippen molar-refractivity contribution in [3.8, 4) is 11.8 Å². The van der Waals surface area contributed by atoms with Gasteiger partial charge in [0.05, 0.1) is 5.92 Å². The van der Waals surface area contributed by atoms with Crippen LogP contribution < -0.4 is 5.73 Å². The van der Waals surface area contributed by atoms with Gasteiger partial charge < -0.3 is 5.73 Å². The summed E-state index contributed by atoms with van der Waals surface area (Å²) in [6, 6.07) is 0. The zero-order valence-electron chi connectivity index (χ0n) is 9.16. The molecule has 1 nitrogen and oxygen atoms in total. The maximum absolute atomic E-state index is 5.85. The van der Waals surface area contributed by atoms with Gasteiger partial charge >= 0.3 is 0 Å². The Kier molecular flexibility index (Phi) is 2.22. The fraction of sp³-hybridized carbons (Fsp3) is 0.286. The van der Waals surface area contributed by atoms with E-state index in [1.165, 1.54) is 15.4 Å². The summed E-state index contributed by atoms with van der Waals surface area (Å²) in [5.74, 6) is 7.22. The third-order valence-corrected chi connectivity index (χ3v) is 4.57. The molecule has 0 aromatic heterocycles. The molecule has 1 heterocycles. The number of rotatable bonds is 0. The lowest BCUT2D eigenvalue weighted by atomic mass is 9.90. The molecule has 2 aliphatic carbocycles.